The number of alkyl halides is 3. The van der Waals surface area contributed by atoms with E-state index in [1.807, 2.05) is 0 Å². The van der Waals surface area contributed by atoms with Crippen LogP contribution in [0.15, 0.2) is 18.2 Å². The molecular weight excluding hydrogens is 406 g/mol. The molecule has 0 amide bonds. The minimum absolute atomic E-state index is 0.00674. The second kappa shape index (κ2) is 6.61. The van der Waals surface area contributed by atoms with E-state index >= 15 is 0 Å². The fraction of sp³-hybridized carbons (Fsp3) is 0.176. The number of ketones is 1. The van der Waals surface area contributed by atoms with Gasteiger partial charge in [-0.25, -0.2) is 9.50 Å². The highest BCUT2D eigenvalue weighted by molar-refractivity contribution is 6.42. The first-order chi connectivity index (χ1) is 12.6. The van der Waals surface area contributed by atoms with Crippen LogP contribution in [-0.2, 0) is 6.18 Å². The number of rotatable bonds is 3. The van der Waals surface area contributed by atoms with Gasteiger partial charge in [0.25, 0.3) is 0 Å². The Morgan fingerprint density at radius 1 is 1.22 bits per heavy atom. The largest absolute Gasteiger partial charge is 0.435 e. The highest BCUT2D eigenvalue weighted by atomic mass is 35.5. The molecule has 1 aromatic carbocycles. The second-order valence-electron chi connectivity index (χ2n) is 5.76. The Balaban J connectivity index is 2.25. The lowest BCUT2D eigenvalue weighted by Crippen LogP contribution is -2.12. The second-order valence-corrected chi connectivity index (χ2v) is 6.55. The van der Waals surface area contributed by atoms with Crippen LogP contribution in [0.25, 0.3) is 5.65 Å². The van der Waals surface area contributed by atoms with Crippen LogP contribution in [0.2, 0.25) is 10.0 Å². The van der Waals surface area contributed by atoms with Crippen molar-refractivity contribution in [1.29, 1.82) is 0 Å². The van der Waals surface area contributed by atoms with Crippen LogP contribution in [0.3, 0.4) is 0 Å². The highest BCUT2D eigenvalue weighted by Gasteiger charge is 2.34. The first-order valence-corrected chi connectivity index (χ1v) is 8.24. The van der Waals surface area contributed by atoms with E-state index in [1.165, 1.54) is 26.0 Å². The van der Waals surface area contributed by atoms with Crippen molar-refractivity contribution in [3.63, 3.8) is 0 Å². The number of aldehydes is 1. The van der Waals surface area contributed by atoms with Gasteiger partial charge in [-0.05, 0) is 37.6 Å². The van der Waals surface area contributed by atoms with Gasteiger partial charge >= 0.3 is 6.18 Å². The summed E-state index contributed by atoms with van der Waals surface area (Å²) in [4.78, 5) is 28.1. The van der Waals surface area contributed by atoms with Gasteiger partial charge in [-0.1, -0.05) is 23.2 Å². The molecule has 0 fully saturated rings. The molecule has 0 aliphatic heterocycles. The zero-order chi connectivity index (χ0) is 20.1. The number of aryl methyl sites for hydroxylation is 2. The molecule has 5 nitrogen and oxygen atoms in total. The van der Waals surface area contributed by atoms with Crippen molar-refractivity contribution >= 4 is 40.9 Å². The molecule has 0 aliphatic carbocycles. The number of nitrogens with zero attached hydrogens (tertiary/aromatic N) is 3. The number of halogens is 5. The third-order valence-electron chi connectivity index (χ3n) is 3.97. The molecule has 0 saturated carbocycles. The summed E-state index contributed by atoms with van der Waals surface area (Å²) in [6.45, 7) is 2.84. The van der Waals surface area contributed by atoms with E-state index in [9.17, 15) is 22.8 Å². The lowest BCUT2D eigenvalue weighted by atomic mass is 10.0. The number of carbonyl (C=O) groups is 2. The first-order valence-electron chi connectivity index (χ1n) is 7.48. The maximum atomic E-state index is 13.0. The number of aromatic nitrogens is 3. The molecule has 10 heteroatoms. The number of carbonyl (C=O) groups excluding carboxylic acids is 2. The van der Waals surface area contributed by atoms with Gasteiger partial charge in [0, 0.05) is 5.56 Å². The van der Waals surface area contributed by atoms with Crippen LogP contribution < -0.4 is 0 Å². The first kappa shape index (κ1) is 19.3. The van der Waals surface area contributed by atoms with Crippen LogP contribution in [0.4, 0.5) is 13.2 Å². The summed E-state index contributed by atoms with van der Waals surface area (Å²) in [5, 5.41) is 3.38. The van der Waals surface area contributed by atoms with E-state index in [-0.39, 0.29) is 43.8 Å². The number of benzene rings is 1. The molecule has 0 N–H and O–H groups in total. The fourth-order valence-corrected chi connectivity index (χ4v) is 3.20. The average Bonchev–Trinajstić information content (AvgIpc) is 2.92. The van der Waals surface area contributed by atoms with Crippen molar-refractivity contribution < 1.29 is 22.8 Å². The van der Waals surface area contributed by atoms with E-state index in [0.717, 1.165) is 10.6 Å². The van der Waals surface area contributed by atoms with Crippen LogP contribution in [0.1, 0.15) is 43.4 Å². The highest BCUT2D eigenvalue weighted by Crippen LogP contribution is 2.32. The zero-order valence-electron chi connectivity index (χ0n) is 13.9. The summed E-state index contributed by atoms with van der Waals surface area (Å²) in [7, 11) is 0. The van der Waals surface area contributed by atoms with E-state index in [2.05, 4.69) is 10.1 Å². The maximum absolute atomic E-state index is 13.0. The van der Waals surface area contributed by atoms with Crippen molar-refractivity contribution in [3.05, 3.63) is 62.0 Å². The van der Waals surface area contributed by atoms with Crippen molar-refractivity contribution in [2.75, 3.05) is 0 Å². The normalized spacial score (nSPS) is 11.8. The number of imidazole rings is 1. The molecule has 0 saturated heterocycles. The molecule has 0 atom stereocenters. The Hall–Kier alpha value is -2.45. The number of hydrogen-bond donors (Lipinski definition) is 0. The summed E-state index contributed by atoms with van der Waals surface area (Å²) in [5.74, 6) is -0.718. The fourth-order valence-electron chi connectivity index (χ4n) is 2.62. The predicted molar refractivity (Wildman–Crippen MR) is 92.7 cm³/mol. The van der Waals surface area contributed by atoms with Gasteiger partial charge in [-0.3, -0.25) is 9.59 Å². The van der Waals surface area contributed by atoms with Gasteiger partial charge in [0.2, 0.25) is 5.78 Å². The van der Waals surface area contributed by atoms with Gasteiger partial charge in [0.1, 0.15) is 5.69 Å². The molecule has 2 aromatic heterocycles. The lowest BCUT2D eigenvalue weighted by molar-refractivity contribution is -0.141. The van der Waals surface area contributed by atoms with Gasteiger partial charge in [0.05, 0.1) is 21.3 Å². The molecule has 0 radical (unpaired) electrons. The van der Waals surface area contributed by atoms with E-state index in [4.69, 9.17) is 23.2 Å². The molecule has 140 valence electrons. The zero-order valence-corrected chi connectivity index (χ0v) is 15.4. The van der Waals surface area contributed by atoms with Crippen molar-refractivity contribution in [3.8, 4) is 0 Å². The Bertz CT molecular complexity index is 1110. The molecule has 2 heterocycles. The molecule has 0 unspecified atom stereocenters. The van der Waals surface area contributed by atoms with E-state index < -0.39 is 17.7 Å². The van der Waals surface area contributed by atoms with Gasteiger partial charge in [-0.15, -0.1) is 0 Å². The summed E-state index contributed by atoms with van der Waals surface area (Å²) in [5.41, 5.74) is -0.973. The monoisotopic (exact) mass is 415 g/mol. The number of hydrogen-bond acceptors (Lipinski definition) is 4. The Kier molecular flexibility index (Phi) is 4.73. The molecule has 0 aliphatic rings. The van der Waals surface area contributed by atoms with E-state index in [1.54, 1.807) is 0 Å². The van der Waals surface area contributed by atoms with Crippen LogP contribution in [0.5, 0.6) is 0 Å². The quantitative estimate of drug-likeness (QED) is 0.458. The number of fused-ring (bicyclic) bond motifs is 1. The third kappa shape index (κ3) is 3.19. The smallest absolute Gasteiger partial charge is 0.298 e. The summed E-state index contributed by atoms with van der Waals surface area (Å²) in [6, 6.07) is 3.54. The minimum Gasteiger partial charge on any atom is -0.298 e. The topological polar surface area (TPSA) is 64.3 Å². The molecule has 27 heavy (non-hydrogen) atoms. The van der Waals surface area contributed by atoms with Crippen molar-refractivity contribution in [2.45, 2.75) is 20.0 Å². The van der Waals surface area contributed by atoms with Gasteiger partial charge in [0.15, 0.2) is 17.6 Å². The standard InChI is InChI=1S/C17H10Cl2F3N3O2/c1-7-5-11(17(20,21)22)24-25-8(2)14(23-16(7)25)15(27)12-10(18)4-3-9(6-26)13(12)19/h3-6H,1-2H3. The minimum atomic E-state index is -4.65. The Morgan fingerprint density at radius 3 is 2.48 bits per heavy atom. The molecule has 3 aromatic rings. The predicted octanol–water partition coefficient (Wildman–Crippen LogP) is 4.72. The SMILES string of the molecule is Cc1cc(C(F)(F)F)nn2c(C)c(C(=O)c3c(Cl)ccc(C=O)c3Cl)nc12. The van der Waals surface area contributed by atoms with Gasteiger partial charge < -0.3 is 0 Å². The molecule has 3 rings (SSSR count). The van der Waals surface area contributed by atoms with Crippen molar-refractivity contribution in [2.24, 2.45) is 0 Å². The summed E-state index contributed by atoms with van der Waals surface area (Å²) in [6.07, 6.45) is -4.18. The Labute approximate surface area is 160 Å². The Morgan fingerprint density at radius 2 is 1.89 bits per heavy atom. The maximum Gasteiger partial charge on any atom is 0.435 e. The molecule has 0 bridgehead atoms. The molecule has 0 spiro atoms. The van der Waals surface area contributed by atoms with Crippen LogP contribution >= 0.6 is 23.2 Å². The lowest BCUT2D eigenvalue weighted by Gasteiger charge is -2.08. The average molecular weight is 416 g/mol. The third-order valence-corrected chi connectivity index (χ3v) is 4.70. The summed E-state index contributed by atoms with van der Waals surface area (Å²) >= 11 is 12.1. The van der Waals surface area contributed by atoms with Crippen LogP contribution in [-0.4, -0.2) is 26.7 Å². The van der Waals surface area contributed by atoms with Crippen molar-refractivity contribution in [1.82, 2.24) is 14.6 Å². The summed E-state index contributed by atoms with van der Waals surface area (Å²) < 4.78 is 40.0. The van der Waals surface area contributed by atoms with E-state index in [0.29, 0.717) is 6.29 Å². The molecular formula is C17H10Cl2F3N3O2. The van der Waals surface area contributed by atoms with Gasteiger partial charge in [-0.2, -0.15) is 18.3 Å². The van der Waals surface area contributed by atoms with Crippen LogP contribution in [0, 0.1) is 13.8 Å².